The minimum atomic E-state index is -0.366. The van der Waals surface area contributed by atoms with E-state index >= 15 is 0 Å². The number of ether oxygens (including phenoxy) is 3. The number of rotatable bonds is 10. The lowest BCUT2D eigenvalue weighted by Crippen LogP contribution is -2.28. The Morgan fingerprint density at radius 1 is 1.22 bits per heavy atom. The number of unbranched alkanes of at least 4 members (excludes halogenated alkanes) is 1. The van der Waals surface area contributed by atoms with Crippen LogP contribution < -0.4 is 4.74 Å². The van der Waals surface area contributed by atoms with Gasteiger partial charge in [-0.2, -0.15) is 0 Å². The molecular formula is C23H35N5O4. The highest BCUT2D eigenvalue weighted by molar-refractivity contribution is 5.67. The van der Waals surface area contributed by atoms with Crippen molar-refractivity contribution in [3.8, 4) is 17.1 Å². The number of nitrogens with zero attached hydrogens (tertiary/aromatic N) is 5. The highest BCUT2D eigenvalue weighted by atomic mass is 16.6. The maximum atomic E-state index is 12.3. The van der Waals surface area contributed by atoms with E-state index < -0.39 is 0 Å². The number of hydrogen-bond acceptors (Lipinski definition) is 7. The smallest absolute Gasteiger partial charge is 0.409 e. The lowest BCUT2D eigenvalue weighted by molar-refractivity contribution is 0.102. The summed E-state index contributed by atoms with van der Waals surface area (Å²) in [4.78, 5) is 18.6. The van der Waals surface area contributed by atoms with Crippen LogP contribution in [-0.4, -0.2) is 57.8 Å². The molecular weight excluding hydrogens is 410 g/mol. The van der Waals surface area contributed by atoms with Crippen LogP contribution in [0.1, 0.15) is 63.3 Å². The van der Waals surface area contributed by atoms with E-state index in [-0.39, 0.29) is 18.8 Å². The molecule has 1 amide bonds. The van der Waals surface area contributed by atoms with Crippen LogP contribution in [0.15, 0.2) is 12.1 Å². The molecule has 9 heteroatoms. The monoisotopic (exact) mass is 445 g/mol. The molecule has 0 N–H and O–H groups in total. The molecule has 0 saturated heterocycles. The van der Waals surface area contributed by atoms with E-state index in [2.05, 4.69) is 17.2 Å². The lowest BCUT2D eigenvalue weighted by atomic mass is 9.98. The van der Waals surface area contributed by atoms with E-state index in [4.69, 9.17) is 19.2 Å². The minimum absolute atomic E-state index is 0.0652. The number of hydrogen-bond donors (Lipinski definition) is 0. The molecule has 9 nitrogen and oxygen atoms in total. The van der Waals surface area contributed by atoms with Crippen LogP contribution in [0.5, 0.6) is 5.75 Å². The summed E-state index contributed by atoms with van der Waals surface area (Å²) >= 11 is 0. The molecule has 1 aliphatic carbocycles. The Labute approximate surface area is 190 Å². The maximum Gasteiger partial charge on any atom is 0.409 e. The summed E-state index contributed by atoms with van der Waals surface area (Å²) in [5.41, 5.74) is 2.63. The summed E-state index contributed by atoms with van der Waals surface area (Å²) < 4.78 is 18.7. The molecule has 1 fully saturated rings. The van der Waals surface area contributed by atoms with Crippen LogP contribution in [-0.2, 0) is 29.7 Å². The first kappa shape index (κ1) is 24.0. The fourth-order valence-electron chi connectivity index (χ4n) is 3.79. The van der Waals surface area contributed by atoms with Crippen molar-refractivity contribution in [3.05, 3.63) is 23.5 Å². The van der Waals surface area contributed by atoms with Gasteiger partial charge in [0, 0.05) is 27.7 Å². The van der Waals surface area contributed by atoms with Gasteiger partial charge in [0.1, 0.15) is 29.4 Å². The van der Waals surface area contributed by atoms with Gasteiger partial charge < -0.3 is 19.1 Å². The number of aryl methyl sites for hydroxylation is 1. The fourth-order valence-corrected chi connectivity index (χ4v) is 3.79. The van der Waals surface area contributed by atoms with Crippen molar-refractivity contribution in [2.45, 2.75) is 71.2 Å². The van der Waals surface area contributed by atoms with Crippen LogP contribution in [0.25, 0.3) is 11.4 Å². The van der Waals surface area contributed by atoms with Gasteiger partial charge in [-0.25, -0.2) is 14.5 Å². The highest BCUT2D eigenvalue weighted by Crippen LogP contribution is 2.29. The summed E-state index contributed by atoms with van der Waals surface area (Å²) in [5.74, 6) is 0.747. The van der Waals surface area contributed by atoms with Crippen LogP contribution in [0.3, 0.4) is 0 Å². The van der Waals surface area contributed by atoms with E-state index in [1.165, 1.54) is 19.3 Å². The zero-order valence-corrected chi connectivity index (χ0v) is 19.7. The van der Waals surface area contributed by atoms with E-state index in [1.54, 1.807) is 30.8 Å². The molecule has 1 saturated carbocycles. The minimum Gasteiger partial charge on any atom is -0.488 e. The van der Waals surface area contributed by atoms with Gasteiger partial charge in [0.15, 0.2) is 0 Å². The van der Waals surface area contributed by atoms with E-state index in [1.807, 2.05) is 12.1 Å². The van der Waals surface area contributed by atoms with Gasteiger partial charge in [0.2, 0.25) is 0 Å². The molecule has 1 aliphatic rings. The summed E-state index contributed by atoms with van der Waals surface area (Å²) in [6.07, 6.45) is 7.63. The second-order valence-electron chi connectivity index (χ2n) is 8.29. The van der Waals surface area contributed by atoms with Gasteiger partial charge in [-0.05, 0) is 44.2 Å². The van der Waals surface area contributed by atoms with Crippen LogP contribution in [0.4, 0.5) is 4.79 Å². The van der Waals surface area contributed by atoms with Gasteiger partial charge in [0.25, 0.3) is 0 Å². The average molecular weight is 446 g/mol. The largest absolute Gasteiger partial charge is 0.488 e. The van der Waals surface area contributed by atoms with E-state index in [0.717, 1.165) is 37.1 Å². The first-order valence-electron chi connectivity index (χ1n) is 11.5. The molecule has 0 spiro atoms. The molecule has 2 aromatic heterocycles. The van der Waals surface area contributed by atoms with Crippen molar-refractivity contribution in [1.29, 1.82) is 0 Å². The van der Waals surface area contributed by atoms with Crippen molar-refractivity contribution in [2.24, 2.45) is 7.05 Å². The Hall–Kier alpha value is -2.68. The fraction of sp³-hybridized carbons (Fsp3) is 0.652. The summed E-state index contributed by atoms with van der Waals surface area (Å²) in [6, 6.07) is 3.80. The molecule has 0 atom stereocenters. The highest BCUT2D eigenvalue weighted by Gasteiger charge is 2.21. The summed E-state index contributed by atoms with van der Waals surface area (Å²) in [6.45, 7) is 3.15. The van der Waals surface area contributed by atoms with Crippen molar-refractivity contribution < 1.29 is 19.0 Å². The van der Waals surface area contributed by atoms with Crippen molar-refractivity contribution >= 4 is 6.09 Å². The normalized spacial score (nSPS) is 14.4. The number of methoxy groups -OCH3 is 1. The molecule has 0 aliphatic heterocycles. The Balaban J connectivity index is 1.75. The number of carbonyl (C=O) groups excluding carboxylic acids is 1. The molecule has 0 radical (unpaired) electrons. The zero-order valence-electron chi connectivity index (χ0n) is 19.7. The van der Waals surface area contributed by atoms with Crippen LogP contribution >= 0.6 is 0 Å². The molecule has 0 aromatic carbocycles. The molecule has 2 aromatic rings. The Kier molecular flexibility index (Phi) is 8.84. The second kappa shape index (κ2) is 11.8. The van der Waals surface area contributed by atoms with Gasteiger partial charge in [-0.1, -0.05) is 25.0 Å². The van der Waals surface area contributed by atoms with Crippen molar-refractivity contribution in [1.82, 2.24) is 24.9 Å². The second-order valence-corrected chi connectivity index (χ2v) is 8.29. The predicted octanol–water partition coefficient (Wildman–Crippen LogP) is 4.10. The topological polar surface area (TPSA) is 91.6 Å². The molecule has 0 unspecified atom stereocenters. The third-order valence-corrected chi connectivity index (χ3v) is 5.74. The van der Waals surface area contributed by atoms with Gasteiger partial charge in [-0.3, -0.25) is 0 Å². The SMILES string of the molecule is CCCCN(C)C(=O)OCc1c(-c2ccc(OC3CCCCC3)c(COC)n2)nnn1C. The third kappa shape index (κ3) is 6.18. The Morgan fingerprint density at radius 3 is 2.72 bits per heavy atom. The van der Waals surface area contributed by atoms with Gasteiger partial charge >= 0.3 is 6.09 Å². The Morgan fingerprint density at radius 2 is 2.00 bits per heavy atom. The average Bonchev–Trinajstić information content (AvgIpc) is 3.18. The molecule has 0 bridgehead atoms. The molecule has 3 rings (SSSR count). The van der Waals surface area contributed by atoms with Crippen LogP contribution in [0.2, 0.25) is 0 Å². The number of aromatic nitrogens is 4. The Bertz CT molecular complexity index is 879. The van der Waals surface area contributed by atoms with Crippen molar-refractivity contribution in [3.63, 3.8) is 0 Å². The summed E-state index contributed by atoms with van der Waals surface area (Å²) in [5, 5.41) is 8.39. The summed E-state index contributed by atoms with van der Waals surface area (Å²) in [7, 11) is 5.15. The van der Waals surface area contributed by atoms with E-state index in [9.17, 15) is 4.79 Å². The molecule has 176 valence electrons. The van der Waals surface area contributed by atoms with Gasteiger partial charge in [-0.15, -0.1) is 5.10 Å². The first-order valence-corrected chi connectivity index (χ1v) is 11.5. The molecule has 2 heterocycles. The van der Waals surface area contributed by atoms with E-state index in [0.29, 0.717) is 30.2 Å². The number of amides is 1. The standard InChI is InChI=1S/C23H35N5O4/c1-5-6-14-27(2)23(29)31-16-20-22(25-26-28(20)3)18-12-13-21(19(24-18)15-30-4)32-17-10-8-7-9-11-17/h12-13,17H,5-11,14-16H2,1-4H3. The number of carbonyl (C=O) groups is 1. The quantitative estimate of drug-likeness (QED) is 0.543. The number of pyridine rings is 1. The lowest BCUT2D eigenvalue weighted by Gasteiger charge is -2.24. The predicted molar refractivity (Wildman–Crippen MR) is 120 cm³/mol. The van der Waals surface area contributed by atoms with Gasteiger partial charge in [0.05, 0.1) is 18.4 Å². The first-order chi connectivity index (χ1) is 15.5. The zero-order chi connectivity index (χ0) is 22.9. The van der Waals surface area contributed by atoms with Crippen LogP contribution in [0, 0.1) is 0 Å². The molecule has 32 heavy (non-hydrogen) atoms. The maximum absolute atomic E-state index is 12.3. The van der Waals surface area contributed by atoms with Crippen molar-refractivity contribution in [2.75, 3.05) is 20.7 Å². The third-order valence-electron chi connectivity index (χ3n) is 5.74.